The predicted octanol–water partition coefficient (Wildman–Crippen LogP) is 1.82. The molecule has 5 atom stereocenters. The third kappa shape index (κ3) is 11.6. The molecule has 5 heterocycles. The molecule has 70 heavy (non-hydrogen) atoms. The molecule has 2 aromatic carbocycles. The van der Waals surface area contributed by atoms with Crippen LogP contribution in [0.25, 0.3) is 10.9 Å². The van der Waals surface area contributed by atoms with Crippen molar-refractivity contribution in [3.8, 4) is 11.8 Å². The largest absolute Gasteiger partial charge is 0.399 e. The lowest BCUT2D eigenvalue weighted by Crippen LogP contribution is -2.61. The number of unbranched alkanes of at least 4 members (excludes halogenated alkanes) is 4. The van der Waals surface area contributed by atoms with Crippen LogP contribution in [-0.4, -0.2) is 134 Å². The number of aromatic amines is 1. The Morgan fingerprint density at radius 1 is 1.00 bits per heavy atom. The van der Waals surface area contributed by atoms with Crippen molar-refractivity contribution in [1.29, 1.82) is 0 Å². The molecule has 0 aliphatic carbocycles. The number of carbonyl (C=O) groups excluding carboxylic acids is 8. The predicted molar refractivity (Wildman–Crippen MR) is 247 cm³/mol. The molecule has 9 N–H and O–H groups in total. The number of hydrogen-bond acceptors (Lipinski definition) is 10. The van der Waals surface area contributed by atoms with E-state index in [1.807, 2.05) is 11.0 Å². The van der Waals surface area contributed by atoms with Crippen LogP contribution >= 0.6 is 7.60 Å². The van der Waals surface area contributed by atoms with Gasteiger partial charge in [0.25, 0.3) is 11.8 Å². The summed E-state index contributed by atoms with van der Waals surface area (Å²) in [4.78, 5) is 130. The van der Waals surface area contributed by atoms with E-state index in [-0.39, 0.29) is 86.2 Å². The Morgan fingerprint density at radius 3 is 2.51 bits per heavy atom. The maximum atomic E-state index is 14.4. The Kier molecular flexibility index (Phi) is 15.9. The van der Waals surface area contributed by atoms with Gasteiger partial charge < -0.3 is 51.2 Å². The van der Waals surface area contributed by atoms with Gasteiger partial charge in [0, 0.05) is 72.5 Å². The van der Waals surface area contributed by atoms with Crippen LogP contribution in [0.5, 0.6) is 0 Å². The first-order valence-electron chi connectivity index (χ1n) is 23.2. The number of H-pyrrole nitrogens is 1. The first-order valence-corrected chi connectivity index (χ1v) is 24.8. The van der Waals surface area contributed by atoms with Gasteiger partial charge in [-0.2, -0.15) is 8.78 Å². The number of aromatic nitrogens is 1. The highest BCUT2D eigenvalue weighted by Gasteiger charge is 2.51. The Morgan fingerprint density at radius 2 is 1.77 bits per heavy atom. The topological polar surface area (TPSA) is 294 Å². The van der Waals surface area contributed by atoms with Gasteiger partial charge >= 0.3 is 13.3 Å². The number of nitrogens with two attached hydrogens (primary N) is 1. The molecular weight excluding hydrogens is 936 g/mol. The molecule has 0 spiro atoms. The van der Waals surface area contributed by atoms with Crippen molar-refractivity contribution in [2.45, 2.75) is 119 Å². The number of alkyl halides is 2. The van der Waals surface area contributed by atoms with Gasteiger partial charge in [-0.15, -0.1) is 0 Å². The molecule has 0 radical (unpaired) electrons. The van der Waals surface area contributed by atoms with Gasteiger partial charge in [-0.05, 0) is 94.4 Å². The molecule has 1 unspecified atom stereocenters. The lowest BCUT2D eigenvalue weighted by molar-refractivity contribution is -0.144. The Bertz CT molecular complexity index is 2700. The summed E-state index contributed by atoms with van der Waals surface area (Å²) in [6.45, 7) is 1.09. The second kappa shape index (κ2) is 21.6. The van der Waals surface area contributed by atoms with Crippen LogP contribution < -0.4 is 27.0 Å². The number of benzene rings is 2. The van der Waals surface area contributed by atoms with E-state index in [2.05, 4.69) is 38.1 Å². The summed E-state index contributed by atoms with van der Waals surface area (Å²) >= 11 is 0. The molecule has 3 fully saturated rings. The van der Waals surface area contributed by atoms with E-state index in [0.29, 0.717) is 43.4 Å². The summed E-state index contributed by atoms with van der Waals surface area (Å²) in [5.74, 6) is 2.10. The zero-order valence-corrected chi connectivity index (χ0v) is 39.3. The lowest BCUT2D eigenvalue weighted by atomic mass is 10.0. The average molecular weight is 992 g/mol. The number of halogens is 2. The highest BCUT2D eigenvalue weighted by Crippen LogP contribution is 2.59. The van der Waals surface area contributed by atoms with Crippen LogP contribution in [0.15, 0.2) is 42.5 Å². The lowest BCUT2D eigenvalue weighted by Gasteiger charge is -2.37. The number of primary amides is 1. The quantitative estimate of drug-likeness (QED) is 0.0416. The third-order valence-corrected chi connectivity index (χ3v) is 14.2. The highest BCUT2D eigenvalue weighted by molar-refractivity contribution is 7.52. The molecule has 0 saturated carbocycles. The molecule has 8 amide bonds. The van der Waals surface area contributed by atoms with Gasteiger partial charge in [0.15, 0.2) is 0 Å². The monoisotopic (exact) mass is 991 g/mol. The van der Waals surface area contributed by atoms with E-state index < -0.39 is 78.4 Å². The summed E-state index contributed by atoms with van der Waals surface area (Å²) in [5.41, 5.74) is 2.05. The molecule has 3 saturated heterocycles. The highest BCUT2D eigenvalue weighted by atomic mass is 31.2. The number of amides is 8. The van der Waals surface area contributed by atoms with Crippen LogP contribution in [0, 0.1) is 11.8 Å². The molecule has 3 aromatic rings. The summed E-state index contributed by atoms with van der Waals surface area (Å²) in [6.07, 6.45) is 4.92. The SMILES string of the molecule is CN1CC[C@H]2CC[C@@H](C(=O)N[C@@H](CCC(N)=O)C(=O)NCCCCCCC#Cc3cccc4c3CN(C3CCC(=O)NC3=O)C4=O)N2C(=O)[C@@H](NC(=O)c2cc3cc(C(F)(F)P(=O)(O)O)ccc3[nH]2)C1. The number of likely N-dealkylation sites (N-methyl/N-ethyl adjacent to an activating group) is 1. The van der Waals surface area contributed by atoms with Crippen LogP contribution in [0.2, 0.25) is 0 Å². The number of nitrogens with one attached hydrogen (secondary N) is 5. The average Bonchev–Trinajstić information content (AvgIpc) is 4.03. The summed E-state index contributed by atoms with van der Waals surface area (Å²) in [7, 11) is -4.08. The summed E-state index contributed by atoms with van der Waals surface area (Å²) in [6, 6.07) is 4.96. The Balaban J connectivity index is 0.901. The minimum Gasteiger partial charge on any atom is -0.370 e. The molecular formula is C47H56F2N9O11P. The van der Waals surface area contributed by atoms with E-state index >= 15 is 0 Å². The zero-order valence-electron chi connectivity index (χ0n) is 38.4. The number of nitrogens with zero attached hydrogens (tertiary/aromatic N) is 3. The molecule has 4 aliphatic heterocycles. The zero-order chi connectivity index (χ0) is 50.5. The Hall–Kier alpha value is -6.53. The fraction of sp³-hybridized carbons (Fsp3) is 0.489. The molecule has 23 heteroatoms. The van der Waals surface area contributed by atoms with Gasteiger partial charge in [-0.3, -0.25) is 48.2 Å². The van der Waals surface area contributed by atoms with Crippen molar-refractivity contribution in [3.63, 3.8) is 0 Å². The van der Waals surface area contributed by atoms with E-state index in [4.69, 9.17) is 5.73 Å². The van der Waals surface area contributed by atoms with E-state index in [1.54, 1.807) is 19.2 Å². The maximum Gasteiger partial charge on any atom is 0.399 e. The van der Waals surface area contributed by atoms with Gasteiger partial charge in [0.05, 0.1) is 0 Å². The number of hydrogen-bond donors (Lipinski definition) is 8. The maximum absolute atomic E-state index is 14.4. The van der Waals surface area contributed by atoms with Crippen molar-refractivity contribution in [2.24, 2.45) is 5.73 Å². The van der Waals surface area contributed by atoms with Gasteiger partial charge in [-0.25, -0.2) is 0 Å². The van der Waals surface area contributed by atoms with Crippen molar-refractivity contribution in [2.75, 3.05) is 26.7 Å². The summed E-state index contributed by atoms with van der Waals surface area (Å²) < 4.78 is 40.3. The van der Waals surface area contributed by atoms with Crippen LogP contribution in [0.3, 0.4) is 0 Å². The number of fused-ring (bicyclic) bond motifs is 3. The normalized spacial score (nSPS) is 21.2. The van der Waals surface area contributed by atoms with Gasteiger partial charge in [0.2, 0.25) is 35.4 Å². The first-order chi connectivity index (χ1) is 33.2. The molecule has 1 aromatic heterocycles. The molecule has 0 bridgehead atoms. The first kappa shape index (κ1) is 51.3. The number of piperidine rings is 1. The van der Waals surface area contributed by atoms with Crippen LogP contribution in [0.4, 0.5) is 8.78 Å². The van der Waals surface area contributed by atoms with Crippen molar-refractivity contribution in [3.05, 3.63) is 70.4 Å². The van der Waals surface area contributed by atoms with Gasteiger partial charge in [0.1, 0.15) is 29.9 Å². The summed E-state index contributed by atoms with van der Waals surface area (Å²) in [5, 5.41) is 10.6. The fourth-order valence-electron chi connectivity index (χ4n) is 9.45. The standard InChI is InChI=1S/C47H56F2N9O11P/c1-56-22-20-30-13-16-38(58(30)46(66)36(26-56)54-42(62)35-24-28-23-29(12-14-33(28)52-35)47(48,49)70(67,68)69)44(64)53-34(15-18-39(50)59)41(61)51-21-7-5-3-2-4-6-9-27-10-8-11-31-32(27)25-57(45(31)65)37-17-19-40(60)55-43(37)63/h8,10-12,14,23-24,30,34,36-38,52H,2-5,7,13,15-22,25-26H2,1H3,(H2,50,59)(H,51,61)(H,53,64)(H,54,62)(H,55,60,63)(H2,67,68,69)/t30-,34+,36+,37?,38+/m1/s1. The number of rotatable bonds is 17. The van der Waals surface area contributed by atoms with Crippen molar-refractivity contribution >= 4 is 65.8 Å². The second-order valence-corrected chi connectivity index (χ2v) is 19.8. The van der Waals surface area contributed by atoms with Crippen LogP contribution in [0.1, 0.15) is 115 Å². The minimum atomic E-state index is -5.85. The molecule has 7 rings (SSSR count). The number of imide groups is 1. The van der Waals surface area contributed by atoms with E-state index in [9.17, 15) is 61.5 Å². The smallest absolute Gasteiger partial charge is 0.370 e. The molecule has 4 aliphatic rings. The van der Waals surface area contributed by atoms with Crippen LogP contribution in [-0.2, 0) is 45.5 Å². The minimum absolute atomic E-state index is 0.0607. The number of carbonyl (C=O) groups is 8. The fourth-order valence-corrected chi connectivity index (χ4v) is 9.93. The second-order valence-electron chi connectivity index (χ2n) is 18.2. The van der Waals surface area contributed by atoms with Crippen molar-refractivity contribution in [1.82, 2.24) is 41.0 Å². The Labute approximate surface area is 401 Å². The van der Waals surface area contributed by atoms with E-state index in [0.717, 1.165) is 43.0 Å². The molecule has 20 nitrogen and oxygen atoms in total. The van der Waals surface area contributed by atoms with Crippen molar-refractivity contribution < 1.29 is 61.5 Å². The third-order valence-electron chi connectivity index (χ3n) is 13.2. The van der Waals surface area contributed by atoms with E-state index in [1.165, 1.54) is 15.9 Å². The molecule has 374 valence electrons. The van der Waals surface area contributed by atoms with Gasteiger partial charge in [-0.1, -0.05) is 36.8 Å².